The van der Waals surface area contributed by atoms with Gasteiger partial charge in [0, 0.05) is 0 Å². The molecule has 0 N–H and O–H groups in total. The molecule has 0 aromatic heterocycles. The summed E-state index contributed by atoms with van der Waals surface area (Å²) in [6.45, 7) is 2.09. The van der Waals surface area contributed by atoms with E-state index < -0.39 is 0 Å². The molecule has 0 nitrogen and oxygen atoms in total. The van der Waals surface area contributed by atoms with E-state index in [1.165, 1.54) is 8.38 Å². The Hall–Kier alpha value is 0.510. The van der Waals surface area contributed by atoms with Gasteiger partial charge in [-0.2, -0.15) is 0 Å². The van der Waals surface area contributed by atoms with Crippen molar-refractivity contribution in [2.24, 2.45) is 0 Å². The summed E-state index contributed by atoms with van der Waals surface area (Å²) in [5.74, 6) is 0. The number of aryl methyl sites for hydroxylation is 1. The predicted molar refractivity (Wildman–Crippen MR) is 41.6 cm³/mol. The maximum atomic E-state index is 5.85. The van der Waals surface area contributed by atoms with Gasteiger partial charge >= 0.3 is 78.1 Å². The van der Waals surface area contributed by atoms with E-state index in [4.69, 9.17) is 11.6 Å². The molecule has 0 saturated carbocycles. The minimum absolute atomic E-state index is 0.918. The second-order valence-electron chi connectivity index (χ2n) is 2.18. The molecule has 0 bridgehead atoms. The average molecular weight is 149 g/mol. The van der Waals surface area contributed by atoms with E-state index in [0.717, 1.165) is 33.0 Å². The summed E-state index contributed by atoms with van der Waals surface area (Å²) in [5.41, 5.74) is 1.31. The molecule has 2 heteroatoms. The summed E-state index contributed by atoms with van der Waals surface area (Å²) in [6, 6.07) is 6.02. The Kier molecular flexibility index (Phi) is 2.59. The fourth-order valence-corrected chi connectivity index (χ4v) is 1.27. The molecule has 0 aliphatic rings. The van der Waals surface area contributed by atoms with Gasteiger partial charge in [-0.1, -0.05) is 0 Å². The Morgan fingerprint density at radius 3 is 2.56 bits per heavy atom. The first-order chi connectivity index (χ1) is 4.22. The van der Waals surface area contributed by atoms with Gasteiger partial charge in [0.2, 0.25) is 0 Å². The second kappa shape index (κ2) is 3.07. The molecule has 0 amide bonds. The molecule has 1 aromatic rings. The van der Waals surface area contributed by atoms with E-state index in [9.17, 15) is 0 Å². The zero-order chi connectivity index (χ0) is 6.85. The minimum atomic E-state index is 0.918. The van der Waals surface area contributed by atoms with Crippen molar-refractivity contribution in [2.45, 2.75) is 6.92 Å². The Morgan fingerprint density at radius 1 is 1.44 bits per heavy atom. The Labute approximate surface area is 77.6 Å². The van der Waals surface area contributed by atoms with Gasteiger partial charge in [-0.15, -0.1) is 0 Å². The molecular formula is C7H6ClNa. The fourth-order valence-electron chi connectivity index (χ4n) is 0.715. The van der Waals surface area contributed by atoms with Gasteiger partial charge in [-0.3, -0.25) is 0 Å². The molecule has 0 aliphatic carbocycles. The number of hydrogen-bond donors (Lipinski definition) is 0. The third-order valence-corrected chi connectivity index (χ3v) is 3.59. The summed E-state index contributed by atoms with van der Waals surface area (Å²) in [7, 11) is 0. The van der Waals surface area contributed by atoms with E-state index in [0.29, 0.717) is 0 Å². The third kappa shape index (κ3) is 1.71. The number of rotatable bonds is 0. The van der Waals surface area contributed by atoms with Crippen molar-refractivity contribution in [3.8, 4) is 0 Å². The van der Waals surface area contributed by atoms with Gasteiger partial charge in [0.15, 0.2) is 0 Å². The summed E-state index contributed by atoms with van der Waals surface area (Å²) in [5, 5.41) is 0.918. The van der Waals surface area contributed by atoms with Gasteiger partial charge in [-0.25, -0.2) is 0 Å². The van der Waals surface area contributed by atoms with Crippen molar-refractivity contribution in [1.82, 2.24) is 0 Å². The van der Waals surface area contributed by atoms with Gasteiger partial charge < -0.3 is 0 Å². The van der Waals surface area contributed by atoms with E-state index in [2.05, 4.69) is 13.0 Å². The molecule has 1 aromatic carbocycles. The number of hydrogen-bond acceptors (Lipinski definition) is 0. The van der Waals surface area contributed by atoms with E-state index >= 15 is 0 Å². The number of halogens is 1. The van der Waals surface area contributed by atoms with Crippen LogP contribution in [0.5, 0.6) is 0 Å². The van der Waals surface area contributed by atoms with Crippen LogP contribution < -0.4 is 2.81 Å². The molecule has 0 atom stereocenters. The molecule has 0 spiro atoms. The predicted octanol–water partition coefficient (Wildman–Crippen LogP) is 1.44. The molecule has 1 rings (SSSR count). The molecular weight excluding hydrogens is 143 g/mol. The molecule has 0 fully saturated rings. The normalized spacial score (nSPS) is 9.78. The van der Waals surface area contributed by atoms with Gasteiger partial charge in [0.25, 0.3) is 0 Å². The van der Waals surface area contributed by atoms with Gasteiger partial charge in [-0.05, 0) is 0 Å². The molecule has 42 valence electrons. The maximum absolute atomic E-state index is 5.85. The van der Waals surface area contributed by atoms with Crippen LogP contribution in [0, 0.1) is 6.92 Å². The molecule has 0 unspecified atom stereocenters. The van der Waals surface area contributed by atoms with Crippen molar-refractivity contribution in [3.05, 3.63) is 28.8 Å². The first-order valence-corrected chi connectivity index (χ1v) is 4.31. The van der Waals surface area contributed by atoms with Crippen LogP contribution in [0.2, 0.25) is 5.02 Å². The average Bonchev–Trinajstić information content (AvgIpc) is 1.83. The van der Waals surface area contributed by atoms with Crippen molar-refractivity contribution >= 4 is 42.3 Å². The molecule has 0 radical (unpaired) electrons. The second-order valence-corrected chi connectivity index (χ2v) is 3.59. The summed E-state index contributed by atoms with van der Waals surface area (Å²) >= 11 is 6.90. The standard InChI is InChI=1S/C7H6Cl.Na/c1-6-3-2-4-7(8)5-6;/h2-4H,1H3;. The molecule has 0 saturated heterocycles. The molecule has 0 aliphatic heterocycles. The van der Waals surface area contributed by atoms with Crippen LogP contribution in [-0.2, 0) is 0 Å². The zero-order valence-electron chi connectivity index (χ0n) is 5.61. The van der Waals surface area contributed by atoms with Crippen LogP contribution in [0.4, 0.5) is 0 Å². The SMILES string of the molecule is Cc1cccc(Cl)[c]1[Na]. The van der Waals surface area contributed by atoms with Gasteiger partial charge in [0.05, 0.1) is 0 Å². The summed E-state index contributed by atoms with van der Waals surface area (Å²) in [6.07, 6.45) is 0. The first-order valence-electron chi connectivity index (χ1n) is 2.93. The zero-order valence-corrected chi connectivity index (χ0v) is 8.37. The van der Waals surface area contributed by atoms with Crippen LogP contribution in [0.3, 0.4) is 0 Å². The van der Waals surface area contributed by atoms with Crippen molar-refractivity contribution in [2.75, 3.05) is 0 Å². The Bertz CT molecular complexity index is 200. The quantitative estimate of drug-likeness (QED) is 0.489. The monoisotopic (exact) mass is 148 g/mol. The van der Waals surface area contributed by atoms with Crippen LogP contribution >= 0.6 is 11.6 Å². The van der Waals surface area contributed by atoms with Crippen molar-refractivity contribution < 1.29 is 0 Å². The third-order valence-electron chi connectivity index (χ3n) is 1.54. The molecule has 0 heterocycles. The topological polar surface area (TPSA) is 0 Å². The van der Waals surface area contributed by atoms with Gasteiger partial charge in [0.1, 0.15) is 0 Å². The summed E-state index contributed by atoms with van der Waals surface area (Å²) < 4.78 is 1.32. The van der Waals surface area contributed by atoms with Crippen LogP contribution in [-0.4, -0.2) is 27.9 Å². The molecule has 9 heavy (non-hydrogen) atoms. The van der Waals surface area contributed by atoms with Crippen LogP contribution in [0.15, 0.2) is 18.2 Å². The summed E-state index contributed by atoms with van der Waals surface area (Å²) in [4.78, 5) is 0. The van der Waals surface area contributed by atoms with Crippen molar-refractivity contribution in [1.29, 1.82) is 0 Å². The Morgan fingerprint density at radius 2 is 2.11 bits per heavy atom. The first kappa shape index (κ1) is 7.62. The van der Waals surface area contributed by atoms with E-state index in [1.807, 2.05) is 12.1 Å². The Balaban J connectivity index is 3.25. The fraction of sp³-hybridized carbons (Fsp3) is 0.143. The van der Waals surface area contributed by atoms with Crippen molar-refractivity contribution in [3.63, 3.8) is 0 Å². The van der Waals surface area contributed by atoms with Crippen LogP contribution in [0.25, 0.3) is 0 Å². The van der Waals surface area contributed by atoms with Crippen LogP contribution in [0.1, 0.15) is 5.56 Å². The number of benzene rings is 1. The van der Waals surface area contributed by atoms with E-state index in [1.54, 1.807) is 0 Å². The van der Waals surface area contributed by atoms with E-state index in [-0.39, 0.29) is 0 Å².